The Hall–Kier alpha value is -2.50. The van der Waals surface area contributed by atoms with Crippen molar-refractivity contribution in [2.45, 2.75) is 26.5 Å². The average Bonchev–Trinajstić information content (AvgIpc) is 2.56. The van der Waals surface area contributed by atoms with E-state index in [4.69, 9.17) is 27.9 Å². The van der Waals surface area contributed by atoms with E-state index in [1.165, 1.54) is 4.57 Å². The molecule has 3 aromatic rings. The number of anilines is 1. The second-order valence-corrected chi connectivity index (χ2v) is 7.24. The van der Waals surface area contributed by atoms with Crippen molar-refractivity contribution in [3.05, 3.63) is 69.1 Å². The fraction of sp³-hybridized carbons (Fsp3) is 0.200. The summed E-state index contributed by atoms with van der Waals surface area (Å²) in [4.78, 5) is 24.9. The molecule has 7 heteroatoms. The van der Waals surface area contributed by atoms with Crippen molar-refractivity contribution in [2.24, 2.45) is 0 Å². The number of rotatable bonds is 5. The number of aromatic nitrogens is 1. The summed E-state index contributed by atoms with van der Waals surface area (Å²) >= 11 is 11.9. The highest BCUT2D eigenvalue weighted by Crippen LogP contribution is 2.22. The molecule has 0 saturated carbocycles. The summed E-state index contributed by atoms with van der Waals surface area (Å²) in [5.41, 5.74) is 0.227. The van der Waals surface area contributed by atoms with E-state index in [1.807, 2.05) is 19.9 Å². The van der Waals surface area contributed by atoms with Crippen molar-refractivity contribution in [1.29, 1.82) is 0 Å². The number of benzene rings is 2. The van der Waals surface area contributed by atoms with Crippen LogP contribution in [0.2, 0.25) is 10.0 Å². The van der Waals surface area contributed by atoms with Crippen LogP contribution in [0.3, 0.4) is 0 Å². The maximum atomic E-state index is 12.7. The van der Waals surface area contributed by atoms with E-state index in [0.29, 0.717) is 26.9 Å². The highest BCUT2D eigenvalue weighted by atomic mass is 35.5. The van der Waals surface area contributed by atoms with Gasteiger partial charge in [-0.15, -0.1) is 0 Å². The van der Waals surface area contributed by atoms with Crippen LogP contribution in [0.1, 0.15) is 13.8 Å². The summed E-state index contributed by atoms with van der Waals surface area (Å²) in [5, 5.41) is 4.81. The molecule has 3 rings (SSSR count). The number of pyridine rings is 1. The summed E-state index contributed by atoms with van der Waals surface area (Å²) in [6, 6.07) is 11.8. The van der Waals surface area contributed by atoms with E-state index in [0.717, 1.165) is 5.39 Å². The van der Waals surface area contributed by atoms with Gasteiger partial charge in [0.15, 0.2) is 0 Å². The van der Waals surface area contributed by atoms with Gasteiger partial charge in [0.1, 0.15) is 12.3 Å². The summed E-state index contributed by atoms with van der Waals surface area (Å²) in [7, 11) is 0. The maximum absolute atomic E-state index is 12.7. The van der Waals surface area contributed by atoms with Crippen molar-refractivity contribution in [3.63, 3.8) is 0 Å². The number of carbonyl (C=O) groups excluding carboxylic acids is 1. The molecule has 140 valence electrons. The van der Waals surface area contributed by atoms with Crippen molar-refractivity contribution >= 4 is 45.6 Å². The van der Waals surface area contributed by atoms with Crippen molar-refractivity contribution in [3.8, 4) is 5.75 Å². The molecule has 27 heavy (non-hydrogen) atoms. The molecule has 0 fully saturated rings. The summed E-state index contributed by atoms with van der Waals surface area (Å²) in [6.45, 7) is 3.75. The fourth-order valence-electron chi connectivity index (χ4n) is 2.72. The molecule has 0 aliphatic heterocycles. The first kappa shape index (κ1) is 19.3. The molecular formula is C20H18Cl2N2O3. The monoisotopic (exact) mass is 404 g/mol. The number of ether oxygens (including phenoxy) is 1. The average molecular weight is 405 g/mol. The molecule has 2 aromatic carbocycles. The molecule has 0 spiro atoms. The van der Waals surface area contributed by atoms with E-state index in [1.54, 1.807) is 42.6 Å². The smallest absolute Gasteiger partial charge is 0.258 e. The van der Waals surface area contributed by atoms with Gasteiger partial charge < -0.3 is 14.6 Å². The molecule has 0 bridgehead atoms. The largest absolute Gasteiger partial charge is 0.491 e. The second-order valence-electron chi connectivity index (χ2n) is 6.37. The van der Waals surface area contributed by atoms with E-state index >= 15 is 0 Å². The lowest BCUT2D eigenvalue weighted by Gasteiger charge is -2.12. The van der Waals surface area contributed by atoms with E-state index in [9.17, 15) is 9.59 Å². The second kappa shape index (κ2) is 8.03. The lowest BCUT2D eigenvalue weighted by molar-refractivity contribution is -0.116. The minimum Gasteiger partial charge on any atom is -0.491 e. The Balaban J connectivity index is 1.81. The number of halogens is 2. The Morgan fingerprint density at radius 3 is 2.48 bits per heavy atom. The van der Waals surface area contributed by atoms with Gasteiger partial charge in [-0.3, -0.25) is 9.59 Å². The van der Waals surface area contributed by atoms with Crippen molar-refractivity contribution in [1.82, 2.24) is 4.57 Å². The van der Waals surface area contributed by atoms with Crippen LogP contribution in [0.4, 0.5) is 5.69 Å². The van der Waals surface area contributed by atoms with Crippen LogP contribution in [0, 0.1) is 0 Å². The van der Waals surface area contributed by atoms with Crippen LogP contribution in [-0.2, 0) is 11.3 Å². The van der Waals surface area contributed by atoms with E-state index < -0.39 is 0 Å². The van der Waals surface area contributed by atoms with Gasteiger partial charge in [-0.1, -0.05) is 23.2 Å². The molecule has 1 heterocycles. The third-order valence-electron chi connectivity index (χ3n) is 3.78. The molecule has 1 amide bonds. The minimum atomic E-state index is -0.352. The number of carbonyl (C=O) groups is 1. The van der Waals surface area contributed by atoms with Gasteiger partial charge in [0.25, 0.3) is 5.56 Å². The SMILES string of the molecule is CC(C)Oc1ccc2c(=O)n(CC(=O)Nc3cc(Cl)cc(Cl)c3)ccc2c1. The highest BCUT2D eigenvalue weighted by Gasteiger charge is 2.10. The summed E-state index contributed by atoms with van der Waals surface area (Å²) < 4.78 is 7.00. The Morgan fingerprint density at radius 2 is 1.81 bits per heavy atom. The van der Waals surface area contributed by atoms with Gasteiger partial charge in [-0.05, 0) is 61.7 Å². The topological polar surface area (TPSA) is 60.3 Å². The third-order valence-corrected chi connectivity index (χ3v) is 4.22. The zero-order chi connectivity index (χ0) is 19.6. The summed E-state index contributed by atoms with van der Waals surface area (Å²) in [6.07, 6.45) is 1.64. The molecule has 0 saturated heterocycles. The van der Waals surface area contributed by atoms with Crippen LogP contribution >= 0.6 is 23.2 Å². The molecule has 0 aliphatic rings. The molecule has 0 unspecified atom stereocenters. The lowest BCUT2D eigenvalue weighted by atomic mass is 10.1. The van der Waals surface area contributed by atoms with Gasteiger partial charge in [-0.2, -0.15) is 0 Å². The molecule has 5 nitrogen and oxygen atoms in total. The number of hydrogen-bond acceptors (Lipinski definition) is 3. The third kappa shape index (κ3) is 4.81. The zero-order valence-electron chi connectivity index (χ0n) is 14.8. The Kier molecular flexibility index (Phi) is 5.73. The highest BCUT2D eigenvalue weighted by molar-refractivity contribution is 6.35. The Morgan fingerprint density at radius 1 is 1.11 bits per heavy atom. The standard InChI is InChI=1S/C20H18Cl2N2O3/c1-12(2)27-17-3-4-18-13(7-17)5-6-24(20(18)26)11-19(25)23-16-9-14(21)8-15(22)10-16/h3-10,12H,11H2,1-2H3,(H,23,25). The number of nitrogens with zero attached hydrogens (tertiary/aromatic N) is 1. The molecule has 0 radical (unpaired) electrons. The normalized spacial score (nSPS) is 11.0. The number of hydrogen-bond donors (Lipinski definition) is 1. The molecular weight excluding hydrogens is 387 g/mol. The van der Waals surface area contributed by atoms with E-state index in [-0.39, 0.29) is 24.1 Å². The van der Waals surface area contributed by atoms with Crippen molar-refractivity contribution in [2.75, 3.05) is 5.32 Å². The van der Waals surface area contributed by atoms with Gasteiger partial charge >= 0.3 is 0 Å². The first-order valence-electron chi connectivity index (χ1n) is 8.37. The fourth-order valence-corrected chi connectivity index (χ4v) is 3.24. The Labute approximate surface area is 166 Å². The molecule has 0 atom stereocenters. The lowest BCUT2D eigenvalue weighted by Crippen LogP contribution is -2.27. The van der Waals surface area contributed by atoms with E-state index in [2.05, 4.69) is 5.32 Å². The van der Waals surface area contributed by atoms with Gasteiger partial charge in [0, 0.05) is 27.3 Å². The zero-order valence-corrected chi connectivity index (χ0v) is 16.3. The van der Waals surface area contributed by atoms with Crippen LogP contribution < -0.4 is 15.6 Å². The molecule has 1 N–H and O–H groups in total. The van der Waals surface area contributed by atoms with Gasteiger partial charge in [0.05, 0.1) is 6.10 Å². The van der Waals surface area contributed by atoms with Crippen LogP contribution in [0.15, 0.2) is 53.5 Å². The van der Waals surface area contributed by atoms with Crippen LogP contribution in [-0.4, -0.2) is 16.6 Å². The predicted molar refractivity (Wildman–Crippen MR) is 109 cm³/mol. The number of nitrogens with one attached hydrogen (secondary N) is 1. The first-order chi connectivity index (χ1) is 12.8. The quantitative estimate of drug-likeness (QED) is 0.668. The van der Waals surface area contributed by atoms with Gasteiger partial charge in [-0.25, -0.2) is 0 Å². The van der Waals surface area contributed by atoms with Crippen molar-refractivity contribution < 1.29 is 9.53 Å². The minimum absolute atomic E-state index is 0.0477. The summed E-state index contributed by atoms with van der Waals surface area (Å²) in [5.74, 6) is 0.347. The van der Waals surface area contributed by atoms with Crippen LogP contribution in [0.25, 0.3) is 10.8 Å². The Bertz CT molecular complexity index is 1040. The maximum Gasteiger partial charge on any atom is 0.258 e. The molecule has 1 aromatic heterocycles. The predicted octanol–water partition coefficient (Wildman–Crippen LogP) is 4.73. The van der Waals surface area contributed by atoms with Crippen LogP contribution in [0.5, 0.6) is 5.75 Å². The number of fused-ring (bicyclic) bond motifs is 1. The molecule has 0 aliphatic carbocycles. The number of amides is 1. The van der Waals surface area contributed by atoms with Gasteiger partial charge in [0.2, 0.25) is 5.91 Å². The first-order valence-corrected chi connectivity index (χ1v) is 9.13.